The van der Waals surface area contributed by atoms with Gasteiger partial charge in [-0.05, 0) is 20.0 Å². The van der Waals surface area contributed by atoms with Gasteiger partial charge in [-0.2, -0.15) is 0 Å². The molecule has 1 aromatic carbocycles. The van der Waals surface area contributed by atoms with E-state index < -0.39 is 4.92 Å². The van der Waals surface area contributed by atoms with Crippen LogP contribution in [0.4, 0.5) is 5.69 Å². The summed E-state index contributed by atoms with van der Waals surface area (Å²) in [6, 6.07) is 2.61. The summed E-state index contributed by atoms with van der Waals surface area (Å²) in [7, 11) is 4.82. The number of methoxy groups -OCH3 is 2. The minimum Gasteiger partial charge on any atom is -0.493 e. The van der Waals surface area contributed by atoms with E-state index in [0.29, 0.717) is 18.8 Å². The quantitative estimate of drug-likeness (QED) is 0.615. The van der Waals surface area contributed by atoms with E-state index in [1.165, 1.54) is 26.4 Å². The summed E-state index contributed by atoms with van der Waals surface area (Å²) in [5.74, 6) is 0.174. The summed E-state index contributed by atoms with van der Waals surface area (Å²) < 4.78 is 10.2. The van der Waals surface area contributed by atoms with Gasteiger partial charge in [0.2, 0.25) is 0 Å². The van der Waals surface area contributed by atoms with Gasteiger partial charge >= 0.3 is 0 Å². The average molecular weight is 323 g/mol. The second-order valence-corrected chi connectivity index (χ2v) is 5.43. The van der Waals surface area contributed by atoms with Gasteiger partial charge in [0.05, 0.1) is 25.2 Å². The van der Waals surface area contributed by atoms with Gasteiger partial charge in [-0.3, -0.25) is 14.9 Å². The highest BCUT2D eigenvalue weighted by Gasteiger charge is 2.28. The number of amides is 1. The molecule has 8 nitrogen and oxygen atoms in total. The van der Waals surface area contributed by atoms with Crippen molar-refractivity contribution in [3.05, 3.63) is 27.8 Å². The van der Waals surface area contributed by atoms with Crippen molar-refractivity contribution in [2.45, 2.75) is 6.42 Å². The number of hydrogen-bond acceptors (Lipinski definition) is 6. The van der Waals surface area contributed by atoms with E-state index in [2.05, 4.69) is 4.90 Å². The van der Waals surface area contributed by atoms with E-state index in [9.17, 15) is 14.9 Å². The van der Waals surface area contributed by atoms with Crippen LogP contribution in [0.25, 0.3) is 0 Å². The maximum Gasteiger partial charge on any atom is 0.286 e. The van der Waals surface area contributed by atoms with E-state index >= 15 is 0 Å². The fourth-order valence-corrected chi connectivity index (χ4v) is 2.61. The molecule has 8 heteroatoms. The fraction of sp³-hybridized carbons (Fsp3) is 0.533. The van der Waals surface area contributed by atoms with Crippen LogP contribution < -0.4 is 9.47 Å². The molecule has 0 aliphatic carbocycles. The molecule has 1 amide bonds. The zero-order chi connectivity index (χ0) is 17.0. The van der Waals surface area contributed by atoms with E-state index in [1.54, 1.807) is 4.90 Å². The van der Waals surface area contributed by atoms with Crippen LogP contribution in [0.2, 0.25) is 0 Å². The molecule has 1 fully saturated rings. The summed E-state index contributed by atoms with van der Waals surface area (Å²) >= 11 is 0. The van der Waals surface area contributed by atoms with Gasteiger partial charge in [0.15, 0.2) is 11.5 Å². The Balaban J connectivity index is 2.39. The summed E-state index contributed by atoms with van der Waals surface area (Å²) in [4.78, 5) is 27.3. The van der Waals surface area contributed by atoms with Gasteiger partial charge < -0.3 is 19.3 Å². The van der Waals surface area contributed by atoms with E-state index in [0.717, 1.165) is 19.5 Å². The Hall–Kier alpha value is -2.35. The molecule has 0 aromatic heterocycles. The van der Waals surface area contributed by atoms with Crippen LogP contribution in [0.1, 0.15) is 16.8 Å². The van der Waals surface area contributed by atoms with Gasteiger partial charge in [-0.15, -0.1) is 0 Å². The van der Waals surface area contributed by atoms with Crippen molar-refractivity contribution in [2.75, 3.05) is 47.4 Å². The molecule has 1 aliphatic heterocycles. The number of nitro benzene ring substituents is 1. The topological polar surface area (TPSA) is 85.2 Å². The number of carbonyl (C=O) groups excluding carboxylic acids is 1. The Labute approximate surface area is 134 Å². The van der Waals surface area contributed by atoms with Crippen LogP contribution in [0.3, 0.4) is 0 Å². The predicted molar refractivity (Wildman–Crippen MR) is 84.2 cm³/mol. The van der Waals surface area contributed by atoms with Gasteiger partial charge in [0.25, 0.3) is 11.6 Å². The minimum atomic E-state index is -0.570. The first kappa shape index (κ1) is 17.0. The smallest absolute Gasteiger partial charge is 0.286 e. The monoisotopic (exact) mass is 323 g/mol. The highest BCUT2D eigenvalue weighted by Crippen LogP contribution is 2.35. The Morgan fingerprint density at radius 3 is 2.39 bits per heavy atom. The van der Waals surface area contributed by atoms with Crippen molar-refractivity contribution >= 4 is 11.6 Å². The van der Waals surface area contributed by atoms with Gasteiger partial charge in [-0.1, -0.05) is 0 Å². The number of ether oxygens (including phenoxy) is 2. The lowest BCUT2D eigenvalue weighted by atomic mass is 10.1. The maximum atomic E-state index is 12.8. The lowest BCUT2D eigenvalue weighted by Gasteiger charge is -2.21. The Morgan fingerprint density at radius 2 is 1.78 bits per heavy atom. The highest BCUT2D eigenvalue weighted by atomic mass is 16.6. The number of nitro groups is 1. The molecule has 1 heterocycles. The molecule has 1 aromatic rings. The highest BCUT2D eigenvalue weighted by molar-refractivity contribution is 5.99. The van der Waals surface area contributed by atoms with Gasteiger partial charge in [0.1, 0.15) is 5.56 Å². The maximum absolute atomic E-state index is 12.8. The van der Waals surface area contributed by atoms with Crippen LogP contribution in [-0.4, -0.2) is 68.1 Å². The summed E-state index contributed by atoms with van der Waals surface area (Å²) in [6.45, 7) is 2.76. The first-order chi connectivity index (χ1) is 11.0. The lowest BCUT2D eigenvalue weighted by molar-refractivity contribution is -0.385. The van der Waals surface area contributed by atoms with Crippen LogP contribution >= 0.6 is 0 Å². The van der Waals surface area contributed by atoms with E-state index in [4.69, 9.17) is 9.47 Å². The zero-order valence-electron chi connectivity index (χ0n) is 13.6. The molecule has 0 spiro atoms. The number of likely N-dealkylation sites (N-methyl/N-ethyl adjacent to an activating group) is 1. The Bertz CT molecular complexity index is 605. The molecule has 2 rings (SSSR count). The number of benzene rings is 1. The Kier molecular flexibility index (Phi) is 5.38. The van der Waals surface area contributed by atoms with Crippen molar-refractivity contribution < 1.29 is 19.2 Å². The summed E-state index contributed by atoms with van der Waals surface area (Å²) in [5.41, 5.74) is -0.248. The van der Waals surface area contributed by atoms with Crippen molar-refractivity contribution in [1.29, 1.82) is 0 Å². The number of nitrogens with zero attached hydrogens (tertiary/aromatic N) is 3. The molecule has 0 atom stereocenters. The first-order valence-corrected chi connectivity index (χ1v) is 7.36. The Morgan fingerprint density at radius 1 is 1.13 bits per heavy atom. The van der Waals surface area contributed by atoms with Crippen molar-refractivity contribution in [2.24, 2.45) is 0 Å². The molecule has 23 heavy (non-hydrogen) atoms. The third-order valence-corrected chi connectivity index (χ3v) is 3.94. The van der Waals surface area contributed by atoms with E-state index in [1.807, 2.05) is 7.05 Å². The average Bonchev–Trinajstić information content (AvgIpc) is 2.77. The number of carbonyl (C=O) groups is 1. The standard InChI is InChI=1S/C15H21N3O5/c1-16-5-4-6-17(8-7-16)15(19)11-9-13(22-2)14(23-3)10-12(11)18(20)21/h9-10H,4-8H2,1-3H3. The second kappa shape index (κ2) is 7.28. The molecule has 0 radical (unpaired) electrons. The second-order valence-electron chi connectivity index (χ2n) is 5.43. The predicted octanol–water partition coefficient (Wildman–Crippen LogP) is 1.39. The molecular formula is C15H21N3O5. The van der Waals surface area contributed by atoms with E-state index in [-0.39, 0.29) is 22.9 Å². The van der Waals surface area contributed by atoms with Crippen LogP contribution in [0, 0.1) is 10.1 Å². The minimum absolute atomic E-state index is 0.0252. The number of hydrogen-bond donors (Lipinski definition) is 0. The fourth-order valence-electron chi connectivity index (χ4n) is 2.61. The molecule has 0 saturated carbocycles. The van der Waals surface area contributed by atoms with Crippen molar-refractivity contribution in [3.63, 3.8) is 0 Å². The normalized spacial score (nSPS) is 15.9. The molecule has 0 unspecified atom stereocenters. The zero-order valence-corrected chi connectivity index (χ0v) is 13.6. The van der Waals surface area contributed by atoms with Crippen molar-refractivity contribution in [3.8, 4) is 11.5 Å². The third kappa shape index (κ3) is 3.70. The molecule has 0 bridgehead atoms. The largest absolute Gasteiger partial charge is 0.493 e. The molecular weight excluding hydrogens is 302 g/mol. The molecule has 1 aliphatic rings. The summed E-state index contributed by atoms with van der Waals surface area (Å²) in [5, 5.41) is 11.3. The first-order valence-electron chi connectivity index (χ1n) is 7.36. The van der Waals surface area contributed by atoms with Crippen LogP contribution in [0.15, 0.2) is 12.1 Å². The van der Waals surface area contributed by atoms with Gasteiger partial charge in [0, 0.05) is 25.7 Å². The molecule has 1 saturated heterocycles. The van der Waals surface area contributed by atoms with Crippen LogP contribution in [0.5, 0.6) is 11.5 Å². The lowest BCUT2D eigenvalue weighted by Crippen LogP contribution is -2.34. The third-order valence-electron chi connectivity index (χ3n) is 3.94. The van der Waals surface area contributed by atoms with Crippen molar-refractivity contribution in [1.82, 2.24) is 9.80 Å². The SMILES string of the molecule is COc1cc(C(=O)N2CCCN(C)CC2)c([N+](=O)[O-])cc1OC. The molecule has 126 valence electrons. The summed E-state index contributed by atoms with van der Waals surface area (Å²) in [6.07, 6.45) is 0.837. The number of rotatable bonds is 4. The molecule has 0 N–H and O–H groups in total. The van der Waals surface area contributed by atoms with Crippen LogP contribution in [-0.2, 0) is 0 Å². The van der Waals surface area contributed by atoms with Gasteiger partial charge in [-0.25, -0.2) is 0 Å².